The van der Waals surface area contributed by atoms with Crippen molar-refractivity contribution in [2.75, 3.05) is 6.61 Å². The first kappa shape index (κ1) is 17.8. The summed E-state index contributed by atoms with van der Waals surface area (Å²) in [7, 11) is 0. The van der Waals surface area contributed by atoms with Crippen LogP contribution in [0.25, 0.3) is 0 Å². The van der Waals surface area contributed by atoms with Gasteiger partial charge < -0.3 is 9.47 Å². The van der Waals surface area contributed by atoms with Gasteiger partial charge in [0.15, 0.2) is 0 Å². The molecule has 28 heavy (non-hydrogen) atoms. The van der Waals surface area contributed by atoms with Gasteiger partial charge in [0.05, 0.1) is 23.2 Å². The summed E-state index contributed by atoms with van der Waals surface area (Å²) in [4.78, 5) is 1.22. The number of halogens is 1. The van der Waals surface area contributed by atoms with Gasteiger partial charge in [-0.3, -0.25) is 0 Å². The first-order chi connectivity index (χ1) is 13.7. The van der Waals surface area contributed by atoms with Crippen LogP contribution in [0.1, 0.15) is 41.6 Å². The summed E-state index contributed by atoms with van der Waals surface area (Å²) >= 11 is 5.33. The van der Waals surface area contributed by atoms with Crippen LogP contribution in [0.15, 0.2) is 69.6 Å². The highest BCUT2D eigenvalue weighted by Gasteiger charge is 2.41. The summed E-state index contributed by atoms with van der Waals surface area (Å²) in [5.41, 5.74) is 3.36. The smallest absolute Gasteiger partial charge is 0.213 e. The van der Waals surface area contributed by atoms with Crippen molar-refractivity contribution in [3.8, 4) is 11.5 Å². The zero-order valence-electron chi connectivity index (χ0n) is 15.3. The van der Waals surface area contributed by atoms with E-state index in [0.717, 1.165) is 33.7 Å². The quantitative estimate of drug-likeness (QED) is 0.473. The van der Waals surface area contributed by atoms with Gasteiger partial charge in [-0.05, 0) is 60.8 Å². The summed E-state index contributed by atoms with van der Waals surface area (Å²) in [6.07, 6.45) is 0.618. The number of hydrogen-bond donors (Lipinski definition) is 0. The number of fused-ring (bicyclic) bond motifs is 3. The van der Waals surface area contributed by atoms with Crippen LogP contribution in [0.4, 0.5) is 0 Å². The van der Waals surface area contributed by atoms with Crippen molar-refractivity contribution in [1.82, 2.24) is 5.01 Å². The lowest BCUT2D eigenvalue weighted by Gasteiger charge is -2.38. The Labute approximate surface area is 176 Å². The lowest BCUT2D eigenvalue weighted by atomic mass is 9.97. The highest BCUT2D eigenvalue weighted by Crippen LogP contribution is 2.48. The lowest BCUT2D eigenvalue weighted by Crippen LogP contribution is -2.33. The van der Waals surface area contributed by atoms with E-state index in [1.165, 1.54) is 10.4 Å². The van der Waals surface area contributed by atoms with Gasteiger partial charge in [0, 0.05) is 22.0 Å². The minimum Gasteiger partial charge on any atom is -0.494 e. The fraction of sp³-hybridized carbons (Fsp3) is 0.227. The van der Waals surface area contributed by atoms with Gasteiger partial charge in [0.2, 0.25) is 6.23 Å². The predicted molar refractivity (Wildman–Crippen MR) is 115 cm³/mol. The fourth-order valence-electron chi connectivity index (χ4n) is 3.76. The molecule has 0 radical (unpaired) electrons. The Balaban J connectivity index is 1.55. The van der Waals surface area contributed by atoms with Crippen LogP contribution < -0.4 is 9.47 Å². The third-order valence-electron chi connectivity index (χ3n) is 5.03. The van der Waals surface area contributed by atoms with E-state index in [-0.39, 0.29) is 12.3 Å². The van der Waals surface area contributed by atoms with Crippen molar-refractivity contribution in [2.45, 2.75) is 25.6 Å². The Bertz CT molecular complexity index is 1020. The molecule has 2 unspecified atom stereocenters. The topological polar surface area (TPSA) is 34.1 Å². The molecule has 0 saturated heterocycles. The Hall–Kier alpha value is -2.31. The van der Waals surface area contributed by atoms with Crippen molar-refractivity contribution in [3.63, 3.8) is 0 Å². The van der Waals surface area contributed by atoms with Crippen LogP contribution in [0.3, 0.4) is 0 Å². The molecular formula is C22H19BrN2O2S. The molecule has 0 amide bonds. The maximum Gasteiger partial charge on any atom is 0.213 e. The zero-order valence-corrected chi connectivity index (χ0v) is 17.7. The van der Waals surface area contributed by atoms with Crippen LogP contribution in [0.2, 0.25) is 0 Å². The Morgan fingerprint density at radius 2 is 2.07 bits per heavy atom. The molecule has 1 aromatic heterocycles. The van der Waals surface area contributed by atoms with Crippen LogP contribution in [0.5, 0.6) is 11.5 Å². The SMILES string of the molecule is CCOc1ccc(C2Oc3ccc(Br)cc3C3CC(c4cccs4)=NN32)cc1. The maximum atomic E-state index is 6.41. The largest absolute Gasteiger partial charge is 0.494 e. The van der Waals surface area contributed by atoms with E-state index < -0.39 is 0 Å². The number of rotatable bonds is 4. The van der Waals surface area contributed by atoms with Gasteiger partial charge in [0.1, 0.15) is 11.5 Å². The van der Waals surface area contributed by atoms with Crippen LogP contribution in [-0.4, -0.2) is 17.3 Å². The number of benzene rings is 2. The molecule has 6 heteroatoms. The molecule has 0 aliphatic carbocycles. The number of ether oxygens (including phenoxy) is 2. The van der Waals surface area contributed by atoms with E-state index >= 15 is 0 Å². The van der Waals surface area contributed by atoms with Crippen LogP contribution in [-0.2, 0) is 0 Å². The summed E-state index contributed by atoms with van der Waals surface area (Å²) in [5, 5.41) is 9.19. The molecule has 3 heterocycles. The minimum absolute atomic E-state index is 0.162. The predicted octanol–water partition coefficient (Wildman–Crippen LogP) is 6.15. The summed E-state index contributed by atoms with van der Waals surface area (Å²) in [6, 6.07) is 18.7. The van der Waals surface area contributed by atoms with E-state index in [1.54, 1.807) is 11.3 Å². The van der Waals surface area contributed by atoms with Crippen molar-refractivity contribution in [3.05, 3.63) is 80.5 Å². The second-order valence-corrected chi connectivity index (χ2v) is 8.64. The van der Waals surface area contributed by atoms with Crippen molar-refractivity contribution in [2.24, 2.45) is 5.10 Å². The van der Waals surface area contributed by atoms with Gasteiger partial charge in [-0.1, -0.05) is 22.0 Å². The van der Waals surface area contributed by atoms with Crippen molar-refractivity contribution in [1.29, 1.82) is 0 Å². The monoisotopic (exact) mass is 454 g/mol. The summed E-state index contributed by atoms with van der Waals surface area (Å²) < 4.78 is 13.1. The molecule has 5 rings (SSSR count). The highest BCUT2D eigenvalue weighted by atomic mass is 79.9. The van der Waals surface area contributed by atoms with E-state index in [9.17, 15) is 0 Å². The number of hydrazone groups is 1. The molecular weight excluding hydrogens is 436 g/mol. The number of hydrogen-bond acceptors (Lipinski definition) is 5. The average molecular weight is 455 g/mol. The standard InChI is InChI=1S/C22H19BrN2O2S/c1-2-26-16-8-5-14(6-9-16)22-25-19(13-18(24-25)21-4-3-11-28-21)17-12-15(23)7-10-20(17)27-22/h3-12,19,22H,2,13H2,1H3. The molecule has 2 aliphatic heterocycles. The normalized spacial score (nSPS) is 20.2. The average Bonchev–Trinajstić information content (AvgIpc) is 3.38. The molecule has 0 saturated carbocycles. The van der Waals surface area contributed by atoms with Crippen molar-refractivity contribution < 1.29 is 9.47 Å². The molecule has 0 N–H and O–H groups in total. The molecule has 2 aliphatic rings. The van der Waals surface area contributed by atoms with E-state index in [4.69, 9.17) is 14.6 Å². The van der Waals surface area contributed by atoms with Gasteiger partial charge in [-0.15, -0.1) is 11.3 Å². The third-order valence-corrected chi connectivity index (χ3v) is 6.45. The van der Waals surface area contributed by atoms with E-state index in [1.807, 2.05) is 31.2 Å². The Morgan fingerprint density at radius 3 is 2.82 bits per heavy atom. The van der Waals surface area contributed by atoms with Gasteiger partial charge in [0.25, 0.3) is 0 Å². The first-order valence-electron chi connectivity index (χ1n) is 9.31. The second-order valence-electron chi connectivity index (χ2n) is 6.78. The minimum atomic E-state index is -0.258. The van der Waals surface area contributed by atoms with E-state index in [0.29, 0.717) is 6.61 Å². The molecule has 0 spiro atoms. The Morgan fingerprint density at radius 1 is 1.21 bits per heavy atom. The van der Waals surface area contributed by atoms with Gasteiger partial charge in [-0.2, -0.15) is 5.10 Å². The van der Waals surface area contributed by atoms with Crippen LogP contribution in [0, 0.1) is 0 Å². The van der Waals surface area contributed by atoms with Crippen molar-refractivity contribution >= 4 is 33.0 Å². The Kier molecular flexibility index (Phi) is 4.61. The second kappa shape index (κ2) is 7.26. The molecule has 2 atom stereocenters. The molecule has 2 aromatic carbocycles. The van der Waals surface area contributed by atoms with Gasteiger partial charge in [-0.25, -0.2) is 5.01 Å². The summed E-state index contributed by atoms with van der Waals surface area (Å²) in [5.74, 6) is 1.79. The number of thiophene rings is 1. The first-order valence-corrected chi connectivity index (χ1v) is 11.0. The highest BCUT2D eigenvalue weighted by molar-refractivity contribution is 9.10. The third kappa shape index (κ3) is 3.10. The molecule has 4 nitrogen and oxygen atoms in total. The van der Waals surface area contributed by atoms with Crippen LogP contribution >= 0.6 is 27.3 Å². The molecule has 0 fully saturated rings. The number of nitrogens with zero attached hydrogens (tertiary/aromatic N) is 2. The molecule has 3 aromatic rings. The van der Waals surface area contributed by atoms with E-state index in [2.05, 4.69) is 56.7 Å². The van der Waals surface area contributed by atoms with Gasteiger partial charge >= 0.3 is 0 Å². The molecule has 0 bridgehead atoms. The molecule has 142 valence electrons. The fourth-order valence-corrected chi connectivity index (χ4v) is 4.86. The maximum absolute atomic E-state index is 6.41. The zero-order chi connectivity index (χ0) is 19.1. The lowest BCUT2D eigenvalue weighted by molar-refractivity contribution is -0.0191. The summed E-state index contributed by atoms with van der Waals surface area (Å²) in [6.45, 7) is 2.65.